The molecule has 0 radical (unpaired) electrons. The molecule has 2 rings (SSSR count). The Morgan fingerprint density at radius 3 is 1.71 bits per heavy atom. The number of rotatable bonds is 6. The molecule has 0 fully saturated rings. The SMILES string of the molecule is CC(C)[Si](c1ccc(C(F)(F)F)cc1)(c1ccccc1OS(=O)(=O)C(F)(F)F)C(C)C. The summed E-state index contributed by atoms with van der Waals surface area (Å²) in [6, 6.07) is 10.0. The highest BCUT2D eigenvalue weighted by Crippen LogP contribution is 2.37. The maximum atomic E-state index is 13.0. The number of hydrogen-bond donors (Lipinski definition) is 0. The van der Waals surface area contributed by atoms with Crippen molar-refractivity contribution in [1.29, 1.82) is 0 Å². The molecule has 3 nitrogen and oxygen atoms in total. The lowest BCUT2D eigenvalue weighted by atomic mass is 10.2. The Kier molecular flexibility index (Phi) is 6.92. The lowest BCUT2D eigenvalue weighted by Crippen LogP contribution is -2.63. The summed E-state index contributed by atoms with van der Waals surface area (Å²) in [6.45, 7) is 7.27. The third-order valence-electron chi connectivity index (χ3n) is 5.33. The van der Waals surface area contributed by atoms with Crippen molar-refractivity contribution in [3.8, 4) is 5.75 Å². The molecule has 0 aliphatic heterocycles. The highest BCUT2D eigenvalue weighted by atomic mass is 32.2. The Bertz CT molecular complexity index is 1000. The number of alkyl halides is 6. The molecule has 0 aromatic heterocycles. The monoisotopic (exact) mass is 484 g/mol. The Morgan fingerprint density at radius 1 is 0.806 bits per heavy atom. The standard InChI is InChI=1S/C20H22F6O3SSi/c1-13(2)31(14(3)4,16-11-9-15(10-12-16)19(21,22)23)18-8-6-5-7-17(18)29-30(27,28)20(24,25)26/h5-14H,1-4H3. The number of halogens is 6. The average molecular weight is 485 g/mol. The smallest absolute Gasteiger partial charge is 0.376 e. The van der Waals surface area contributed by atoms with E-state index in [1.54, 1.807) is 6.07 Å². The summed E-state index contributed by atoms with van der Waals surface area (Å²) >= 11 is 0. The Balaban J connectivity index is 2.77. The van der Waals surface area contributed by atoms with Gasteiger partial charge in [0.2, 0.25) is 0 Å². The van der Waals surface area contributed by atoms with Gasteiger partial charge < -0.3 is 4.18 Å². The average Bonchev–Trinajstić information content (AvgIpc) is 2.61. The van der Waals surface area contributed by atoms with E-state index in [-0.39, 0.29) is 16.3 Å². The first-order valence-corrected chi connectivity index (χ1v) is 12.9. The minimum Gasteiger partial charge on any atom is -0.376 e. The van der Waals surface area contributed by atoms with E-state index >= 15 is 0 Å². The lowest BCUT2D eigenvalue weighted by molar-refractivity contribution is -0.137. The summed E-state index contributed by atoms with van der Waals surface area (Å²) in [7, 11) is -9.03. The van der Waals surface area contributed by atoms with E-state index in [9.17, 15) is 34.8 Å². The van der Waals surface area contributed by atoms with Crippen molar-refractivity contribution in [3.05, 3.63) is 54.1 Å². The van der Waals surface area contributed by atoms with Gasteiger partial charge in [-0.1, -0.05) is 75.3 Å². The molecule has 0 heterocycles. The number of benzene rings is 2. The van der Waals surface area contributed by atoms with Gasteiger partial charge in [0.05, 0.1) is 5.56 Å². The van der Waals surface area contributed by atoms with Gasteiger partial charge >= 0.3 is 21.8 Å². The third-order valence-corrected chi connectivity index (χ3v) is 12.5. The highest BCUT2D eigenvalue weighted by molar-refractivity contribution is 7.88. The van der Waals surface area contributed by atoms with E-state index in [2.05, 4.69) is 4.18 Å². The summed E-state index contributed by atoms with van der Waals surface area (Å²) in [5, 5.41) is 0.804. The summed E-state index contributed by atoms with van der Waals surface area (Å²) < 4.78 is 106. The molecule has 2 aromatic carbocycles. The van der Waals surface area contributed by atoms with E-state index in [0.29, 0.717) is 5.19 Å². The first kappa shape index (κ1) is 25.2. The van der Waals surface area contributed by atoms with Gasteiger partial charge in [-0.2, -0.15) is 34.8 Å². The van der Waals surface area contributed by atoms with Crippen molar-refractivity contribution >= 4 is 28.6 Å². The van der Waals surface area contributed by atoms with Crippen molar-refractivity contribution in [2.75, 3.05) is 0 Å². The van der Waals surface area contributed by atoms with Gasteiger partial charge in [0.15, 0.2) is 0 Å². The zero-order chi connectivity index (χ0) is 23.8. The molecule has 11 heteroatoms. The molecule has 0 atom stereocenters. The first-order valence-electron chi connectivity index (χ1n) is 9.33. The van der Waals surface area contributed by atoms with Crippen LogP contribution in [0.15, 0.2) is 48.5 Å². The molecule has 0 N–H and O–H groups in total. The van der Waals surface area contributed by atoms with E-state index in [1.165, 1.54) is 24.3 Å². The van der Waals surface area contributed by atoms with E-state index in [0.717, 1.165) is 18.2 Å². The quantitative estimate of drug-likeness (QED) is 0.241. The van der Waals surface area contributed by atoms with Crippen LogP contribution in [-0.4, -0.2) is 22.0 Å². The minimum atomic E-state index is -5.92. The third kappa shape index (κ3) is 4.76. The molecular weight excluding hydrogens is 462 g/mol. The predicted molar refractivity (Wildman–Crippen MR) is 109 cm³/mol. The van der Waals surface area contributed by atoms with E-state index in [1.807, 2.05) is 27.7 Å². The van der Waals surface area contributed by atoms with Crippen LogP contribution in [0.1, 0.15) is 33.3 Å². The van der Waals surface area contributed by atoms with Crippen LogP contribution in [0.5, 0.6) is 5.75 Å². The largest absolute Gasteiger partial charge is 0.534 e. The van der Waals surface area contributed by atoms with Gasteiger partial charge in [-0.05, 0) is 22.3 Å². The van der Waals surface area contributed by atoms with Gasteiger partial charge in [-0.3, -0.25) is 0 Å². The fourth-order valence-corrected chi connectivity index (χ4v) is 10.5. The van der Waals surface area contributed by atoms with E-state index < -0.39 is 41.2 Å². The second-order valence-corrected chi connectivity index (χ2v) is 14.4. The van der Waals surface area contributed by atoms with Crippen LogP contribution in [-0.2, 0) is 16.3 Å². The molecule has 0 saturated carbocycles. The lowest BCUT2D eigenvalue weighted by Gasteiger charge is -2.41. The normalized spacial score (nSPS) is 13.7. The first-order chi connectivity index (χ1) is 14.0. The van der Waals surface area contributed by atoms with Crippen LogP contribution in [0.4, 0.5) is 26.3 Å². The molecule has 31 heavy (non-hydrogen) atoms. The van der Waals surface area contributed by atoms with Gasteiger partial charge in [0.1, 0.15) is 13.8 Å². The maximum Gasteiger partial charge on any atom is 0.534 e. The molecule has 2 aromatic rings. The Hall–Kier alpha value is -2.01. The van der Waals surface area contributed by atoms with Crippen LogP contribution in [0.25, 0.3) is 0 Å². The molecule has 172 valence electrons. The van der Waals surface area contributed by atoms with E-state index in [4.69, 9.17) is 0 Å². The van der Waals surface area contributed by atoms with Crippen molar-refractivity contribution < 1.29 is 38.9 Å². The topological polar surface area (TPSA) is 43.4 Å². The van der Waals surface area contributed by atoms with Crippen LogP contribution in [0.2, 0.25) is 11.1 Å². The molecule has 0 amide bonds. The molecule has 0 unspecified atom stereocenters. The van der Waals surface area contributed by atoms with Gasteiger partial charge in [-0.25, -0.2) is 0 Å². The van der Waals surface area contributed by atoms with Gasteiger partial charge in [-0.15, -0.1) is 0 Å². The van der Waals surface area contributed by atoms with Crippen LogP contribution in [0.3, 0.4) is 0 Å². The summed E-state index contributed by atoms with van der Waals surface area (Å²) in [5.74, 6) is -0.464. The van der Waals surface area contributed by atoms with Gasteiger partial charge in [0.25, 0.3) is 0 Å². The molecular formula is C20H22F6O3SSi. The van der Waals surface area contributed by atoms with Crippen LogP contribution >= 0.6 is 0 Å². The predicted octanol–water partition coefficient (Wildman–Crippen LogP) is 5.32. The number of hydrogen-bond acceptors (Lipinski definition) is 3. The maximum absolute atomic E-state index is 13.0. The van der Waals surface area contributed by atoms with Crippen molar-refractivity contribution in [1.82, 2.24) is 0 Å². The Morgan fingerprint density at radius 2 is 1.29 bits per heavy atom. The fourth-order valence-electron chi connectivity index (χ4n) is 4.09. The van der Waals surface area contributed by atoms with Crippen LogP contribution in [0, 0.1) is 0 Å². The van der Waals surface area contributed by atoms with Crippen molar-refractivity contribution in [3.63, 3.8) is 0 Å². The molecule has 0 spiro atoms. The minimum absolute atomic E-state index is 0.206. The molecule has 0 aliphatic rings. The van der Waals surface area contributed by atoms with Crippen molar-refractivity contribution in [2.45, 2.75) is 50.5 Å². The van der Waals surface area contributed by atoms with Crippen molar-refractivity contribution in [2.24, 2.45) is 0 Å². The van der Waals surface area contributed by atoms with Gasteiger partial charge in [0, 0.05) is 0 Å². The second-order valence-electron chi connectivity index (χ2n) is 7.73. The Labute approximate surface area is 178 Å². The molecule has 0 aliphatic carbocycles. The fraction of sp³-hybridized carbons (Fsp3) is 0.400. The highest BCUT2D eigenvalue weighted by Gasteiger charge is 2.51. The zero-order valence-corrected chi connectivity index (χ0v) is 19.0. The zero-order valence-electron chi connectivity index (χ0n) is 17.2. The number of para-hydroxylation sites is 1. The molecule has 0 saturated heterocycles. The van der Waals surface area contributed by atoms with Crippen LogP contribution < -0.4 is 14.6 Å². The summed E-state index contributed by atoms with van der Waals surface area (Å²) in [5.41, 5.74) is -6.88. The summed E-state index contributed by atoms with van der Waals surface area (Å²) in [4.78, 5) is 0. The second kappa shape index (κ2) is 8.49. The summed E-state index contributed by atoms with van der Waals surface area (Å²) in [6.07, 6.45) is -4.54. The molecule has 0 bridgehead atoms.